The highest BCUT2D eigenvalue weighted by molar-refractivity contribution is 5.76. The Labute approximate surface area is 102 Å². The van der Waals surface area contributed by atoms with Crippen LogP contribution < -0.4 is 9.47 Å². The van der Waals surface area contributed by atoms with E-state index >= 15 is 0 Å². The van der Waals surface area contributed by atoms with Crippen LogP contribution in [0.15, 0.2) is 30.4 Å². The summed E-state index contributed by atoms with van der Waals surface area (Å²) in [6.45, 7) is 1.58. The topological polar surface area (TPSA) is 35.5 Å². The van der Waals surface area contributed by atoms with Gasteiger partial charge in [0.2, 0.25) is 0 Å². The Hall–Kier alpha value is -1.77. The molecule has 3 heteroatoms. The number of methoxy groups -OCH3 is 2. The first-order chi connectivity index (χ1) is 8.17. The van der Waals surface area contributed by atoms with Gasteiger partial charge in [0.15, 0.2) is 11.5 Å². The van der Waals surface area contributed by atoms with Crippen LogP contribution in [0.2, 0.25) is 0 Å². The number of benzene rings is 1. The van der Waals surface area contributed by atoms with E-state index in [-0.39, 0.29) is 5.78 Å². The Balaban J connectivity index is 2.66. The molecule has 92 valence electrons. The highest BCUT2D eigenvalue weighted by Crippen LogP contribution is 2.27. The van der Waals surface area contributed by atoms with Crippen LogP contribution >= 0.6 is 0 Å². The van der Waals surface area contributed by atoms with E-state index < -0.39 is 0 Å². The van der Waals surface area contributed by atoms with Gasteiger partial charge in [0, 0.05) is 6.42 Å². The molecule has 1 aromatic carbocycles. The number of allylic oxidation sites excluding steroid dienone is 2. The summed E-state index contributed by atoms with van der Waals surface area (Å²) in [5.41, 5.74) is 1.13. The summed E-state index contributed by atoms with van der Waals surface area (Å²) in [5, 5.41) is 0. The second kappa shape index (κ2) is 6.74. The summed E-state index contributed by atoms with van der Waals surface area (Å²) < 4.78 is 10.4. The van der Waals surface area contributed by atoms with Crippen LogP contribution in [0.25, 0.3) is 0 Å². The third-order valence-electron chi connectivity index (χ3n) is 2.37. The summed E-state index contributed by atoms with van der Waals surface area (Å²) in [7, 11) is 3.23. The van der Waals surface area contributed by atoms with Crippen LogP contribution in [0.3, 0.4) is 0 Å². The van der Waals surface area contributed by atoms with Gasteiger partial charge in [0.25, 0.3) is 0 Å². The quantitative estimate of drug-likeness (QED) is 0.710. The molecule has 0 atom stereocenters. The predicted octanol–water partition coefficient (Wildman–Crippen LogP) is 2.78. The molecular weight excluding hydrogens is 216 g/mol. The SMILES string of the molecule is COc1ccc(CC=CCC(C)=O)cc1OC. The smallest absolute Gasteiger partial charge is 0.160 e. The van der Waals surface area contributed by atoms with Gasteiger partial charge in [-0.2, -0.15) is 0 Å². The van der Waals surface area contributed by atoms with Gasteiger partial charge in [0.05, 0.1) is 14.2 Å². The average molecular weight is 234 g/mol. The summed E-state index contributed by atoms with van der Waals surface area (Å²) in [6.07, 6.45) is 5.16. The molecule has 0 fully saturated rings. The molecule has 0 aromatic heterocycles. The standard InChI is InChI=1S/C14H18O3/c1-11(15)6-4-5-7-12-8-9-13(16-2)14(10-12)17-3/h4-5,8-10H,6-7H2,1-3H3. The fourth-order valence-electron chi connectivity index (χ4n) is 1.48. The van der Waals surface area contributed by atoms with Crippen LogP contribution in [-0.2, 0) is 11.2 Å². The lowest BCUT2D eigenvalue weighted by Crippen LogP contribution is -1.92. The summed E-state index contributed by atoms with van der Waals surface area (Å²) >= 11 is 0. The van der Waals surface area contributed by atoms with Crippen molar-refractivity contribution in [3.8, 4) is 11.5 Å². The number of Topliss-reactive ketones (excluding diaryl/α,β-unsaturated/α-hetero) is 1. The van der Waals surface area contributed by atoms with E-state index in [1.807, 2.05) is 30.4 Å². The monoisotopic (exact) mass is 234 g/mol. The van der Waals surface area contributed by atoms with Gasteiger partial charge < -0.3 is 9.47 Å². The van der Waals surface area contributed by atoms with Crippen molar-refractivity contribution >= 4 is 5.78 Å². The number of ether oxygens (including phenoxy) is 2. The zero-order chi connectivity index (χ0) is 12.7. The van der Waals surface area contributed by atoms with E-state index in [4.69, 9.17) is 9.47 Å². The number of rotatable bonds is 6. The van der Waals surface area contributed by atoms with E-state index in [9.17, 15) is 4.79 Å². The molecule has 17 heavy (non-hydrogen) atoms. The zero-order valence-electron chi connectivity index (χ0n) is 10.5. The first kappa shape index (κ1) is 13.3. The Kier molecular flexibility index (Phi) is 5.27. The summed E-state index contributed by atoms with van der Waals surface area (Å²) in [4.78, 5) is 10.8. The molecule has 0 saturated carbocycles. The van der Waals surface area contributed by atoms with Gasteiger partial charge in [-0.05, 0) is 31.0 Å². The lowest BCUT2D eigenvalue weighted by Gasteiger charge is -2.08. The van der Waals surface area contributed by atoms with Crippen molar-refractivity contribution in [1.29, 1.82) is 0 Å². The van der Waals surface area contributed by atoms with Gasteiger partial charge in [-0.25, -0.2) is 0 Å². The number of hydrogen-bond donors (Lipinski definition) is 0. The first-order valence-electron chi connectivity index (χ1n) is 5.52. The van der Waals surface area contributed by atoms with Crippen molar-refractivity contribution in [2.24, 2.45) is 0 Å². The van der Waals surface area contributed by atoms with E-state index in [0.717, 1.165) is 23.5 Å². The molecule has 0 N–H and O–H groups in total. The van der Waals surface area contributed by atoms with Crippen LogP contribution in [-0.4, -0.2) is 20.0 Å². The molecule has 0 aliphatic carbocycles. The maximum absolute atomic E-state index is 10.8. The number of carbonyl (C=O) groups is 1. The molecule has 0 amide bonds. The van der Waals surface area contributed by atoms with Gasteiger partial charge in [-0.3, -0.25) is 4.79 Å². The fourth-order valence-corrected chi connectivity index (χ4v) is 1.48. The molecule has 0 aliphatic rings. The maximum Gasteiger partial charge on any atom is 0.160 e. The van der Waals surface area contributed by atoms with Crippen LogP contribution in [0.1, 0.15) is 18.9 Å². The normalized spacial score (nSPS) is 10.5. The van der Waals surface area contributed by atoms with Crippen molar-refractivity contribution < 1.29 is 14.3 Å². The Morgan fingerprint density at radius 1 is 1.18 bits per heavy atom. The van der Waals surface area contributed by atoms with Crippen LogP contribution in [0.5, 0.6) is 11.5 Å². The second-order valence-electron chi connectivity index (χ2n) is 3.77. The van der Waals surface area contributed by atoms with Crippen LogP contribution in [0, 0.1) is 0 Å². The number of carbonyl (C=O) groups excluding carboxylic acids is 1. The zero-order valence-corrected chi connectivity index (χ0v) is 10.5. The maximum atomic E-state index is 10.8. The third-order valence-corrected chi connectivity index (χ3v) is 2.37. The molecule has 0 spiro atoms. The van der Waals surface area contributed by atoms with Crippen LogP contribution in [0.4, 0.5) is 0 Å². The highest BCUT2D eigenvalue weighted by Gasteiger charge is 2.03. The molecule has 1 rings (SSSR count). The highest BCUT2D eigenvalue weighted by atomic mass is 16.5. The molecule has 0 bridgehead atoms. The molecule has 0 unspecified atom stereocenters. The molecule has 0 heterocycles. The van der Waals surface area contributed by atoms with E-state index in [1.54, 1.807) is 21.1 Å². The van der Waals surface area contributed by atoms with Crippen molar-refractivity contribution in [2.45, 2.75) is 19.8 Å². The summed E-state index contributed by atoms with van der Waals surface area (Å²) in [6, 6.07) is 5.81. The van der Waals surface area contributed by atoms with Crippen molar-refractivity contribution in [3.63, 3.8) is 0 Å². The molecule has 0 aliphatic heterocycles. The van der Waals surface area contributed by atoms with E-state index in [1.165, 1.54) is 0 Å². The largest absolute Gasteiger partial charge is 0.493 e. The van der Waals surface area contributed by atoms with Gasteiger partial charge >= 0.3 is 0 Å². The first-order valence-corrected chi connectivity index (χ1v) is 5.52. The minimum Gasteiger partial charge on any atom is -0.493 e. The van der Waals surface area contributed by atoms with Crippen molar-refractivity contribution in [2.75, 3.05) is 14.2 Å². The van der Waals surface area contributed by atoms with Gasteiger partial charge in [-0.1, -0.05) is 18.2 Å². The molecule has 0 saturated heterocycles. The van der Waals surface area contributed by atoms with Crippen molar-refractivity contribution in [3.05, 3.63) is 35.9 Å². The van der Waals surface area contributed by atoms with E-state index in [0.29, 0.717) is 6.42 Å². The third kappa shape index (κ3) is 4.31. The molecule has 3 nitrogen and oxygen atoms in total. The van der Waals surface area contributed by atoms with Gasteiger partial charge in [-0.15, -0.1) is 0 Å². The van der Waals surface area contributed by atoms with Crippen molar-refractivity contribution in [1.82, 2.24) is 0 Å². The second-order valence-corrected chi connectivity index (χ2v) is 3.77. The molecule has 0 radical (unpaired) electrons. The Morgan fingerprint density at radius 3 is 2.47 bits per heavy atom. The Bertz CT molecular complexity index is 408. The molecule has 1 aromatic rings. The number of hydrogen-bond acceptors (Lipinski definition) is 3. The Morgan fingerprint density at radius 2 is 1.88 bits per heavy atom. The summed E-state index contributed by atoms with van der Waals surface area (Å²) in [5.74, 6) is 1.63. The minimum absolute atomic E-state index is 0.175. The van der Waals surface area contributed by atoms with E-state index in [2.05, 4.69) is 0 Å². The minimum atomic E-state index is 0.175. The molecular formula is C14H18O3. The lowest BCUT2D eigenvalue weighted by molar-refractivity contribution is -0.116. The number of ketones is 1. The lowest BCUT2D eigenvalue weighted by atomic mass is 10.1. The van der Waals surface area contributed by atoms with Gasteiger partial charge in [0.1, 0.15) is 5.78 Å². The average Bonchev–Trinajstić information content (AvgIpc) is 2.34. The fraction of sp³-hybridized carbons (Fsp3) is 0.357. The predicted molar refractivity (Wildman–Crippen MR) is 67.7 cm³/mol.